The van der Waals surface area contributed by atoms with Crippen molar-refractivity contribution in [1.29, 1.82) is 0 Å². The zero-order valence-corrected chi connectivity index (χ0v) is 15.5. The molecule has 8 heteroatoms. The van der Waals surface area contributed by atoms with Gasteiger partial charge in [-0.1, -0.05) is 35.0 Å². The first kappa shape index (κ1) is 17.7. The quantitative estimate of drug-likeness (QED) is 0.513. The third-order valence-corrected chi connectivity index (χ3v) is 4.91. The number of fused-ring (bicyclic) bond motifs is 1. The van der Waals surface area contributed by atoms with Gasteiger partial charge in [-0.15, -0.1) is 0 Å². The van der Waals surface area contributed by atoms with Gasteiger partial charge in [0.15, 0.2) is 17.3 Å². The Morgan fingerprint density at radius 2 is 1.86 bits per heavy atom. The number of rotatable bonds is 3. The highest BCUT2D eigenvalue weighted by molar-refractivity contribution is 5.58. The van der Waals surface area contributed by atoms with E-state index in [-0.39, 0.29) is 17.8 Å². The zero-order chi connectivity index (χ0) is 20.0. The van der Waals surface area contributed by atoms with Crippen molar-refractivity contribution in [3.8, 4) is 23.0 Å². The molecule has 1 aliphatic heterocycles. The number of aryl methyl sites for hydroxylation is 1. The Morgan fingerprint density at radius 1 is 1.03 bits per heavy atom. The van der Waals surface area contributed by atoms with Crippen LogP contribution in [0.4, 0.5) is 8.78 Å². The Kier molecular flexibility index (Phi) is 4.21. The number of ether oxygens (including phenoxy) is 1. The smallest absolute Gasteiger partial charge is 0.278 e. The maximum absolute atomic E-state index is 13.5. The summed E-state index contributed by atoms with van der Waals surface area (Å²) < 4.78 is 39.7. The van der Waals surface area contributed by atoms with E-state index >= 15 is 0 Å². The highest BCUT2D eigenvalue weighted by Crippen LogP contribution is 2.29. The first-order chi connectivity index (χ1) is 14.1. The molecule has 6 nitrogen and oxygen atoms in total. The third kappa shape index (κ3) is 3.31. The standard InChI is InChI=1S/C21H16F2N4O2/c1-12-2-4-13(5-3-12)19-10-27-15(11-28-19)9-18(25-27)21-24-20(26-29-21)14-6-7-16(22)17(23)8-14/h2-9,19H,10-11H2,1H3/t19-/m1/s1. The molecule has 29 heavy (non-hydrogen) atoms. The van der Waals surface area contributed by atoms with Crippen molar-refractivity contribution in [2.75, 3.05) is 0 Å². The lowest BCUT2D eigenvalue weighted by Crippen LogP contribution is -2.21. The van der Waals surface area contributed by atoms with Gasteiger partial charge in [0.1, 0.15) is 6.10 Å². The van der Waals surface area contributed by atoms with Crippen LogP contribution in [0.5, 0.6) is 0 Å². The number of nitrogens with zero attached hydrogens (tertiary/aromatic N) is 4. The van der Waals surface area contributed by atoms with E-state index in [1.807, 2.05) is 17.7 Å². The third-order valence-electron chi connectivity index (χ3n) is 4.91. The van der Waals surface area contributed by atoms with Crippen molar-refractivity contribution in [1.82, 2.24) is 19.9 Å². The molecule has 0 saturated carbocycles. The van der Waals surface area contributed by atoms with Gasteiger partial charge >= 0.3 is 0 Å². The average molecular weight is 394 g/mol. The maximum Gasteiger partial charge on any atom is 0.278 e. The lowest BCUT2D eigenvalue weighted by atomic mass is 10.1. The van der Waals surface area contributed by atoms with E-state index < -0.39 is 11.6 Å². The molecular formula is C21H16F2N4O2. The Morgan fingerprint density at radius 3 is 2.66 bits per heavy atom. The minimum absolute atomic E-state index is 0.0868. The molecule has 146 valence electrons. The molecule has 2 aromatic heterocycles. The van der Waals surface area contributed by atoms with E-state index in [1.54, 1.807) is 0 Å². The van der Waals surface area contributed by atoms with Crippen molar-refractivity contribution >= 4 is 0 Å². The highest BCUT2D eigenvalue weighted by atomic mass is 19.2. The summed E-state index contributed by atoms with van der Waals surface area (Å²) in [5, 5.41) is 8.41. The molecule has 0 fully saturated rings. The Bertz CT molecular complexity index is 1180. The molecule has 1 atom stereocenters. The summed E-state index contributed by atoms with van der Waals surface area (Å²) >= 11 is 0. The van der Waals surface area contributed by atoms with E-state index in [0.717, 1.165) is 23.4 Å². The summed E-state index contributed by atoms with van der Waals surface area (Å²) in [6.07, 6.45) is -0.0868. The number of benzene rings is 2. The summed E-state index contributed by atoms with van der Waals surface area (Å²) in [6, 6.07) is 13.5. The van der Waals surface area contributed by atoms with Crippen LogP contribution in [-0.2, 0) is 17.9 Å². The second kappa shape index (κ2) is 6.89. The molecule has 3 heterocycles. The van der Waals surface area contributed by atoms with Gasteiger partial charge in [0.25, 0.3) is 5.89 Å². The van der Waals surface area contributed by atoms with Crippen LogP contribution < -0.4 is 0 Å². The number of hydrogen-bond acceptors (Lipinski definition) is 5. The number of hydrogen-bond donors (Lipinski definition) is 0. The maximum atomic E-state index is 13.5. The molecule has 0 bridgehead atoms. The van der Waals surface area contributed by atoms with Crippen LogP contribution in [0.2, 0.25) is 0 Å². The normalized spacial score (nSPS) is 16.0. The molecule has 5 rings (SSSR count). The van der Waals surface area contributed by atoms with E-state index in [0.29, 0.717) is 24.4 Å². The fourth-order valence-electron chi connectivity index (χ4n) is 3.29. The molecular weight excluding hydrogens is 378 g/mol. The first-order valence-electron chi connectivity index (χ1n) is 9.11. The van der Waals surface area contributed by atoms with Crippen LogP contribution in [0.25, 0.3) is 23.0 Å². The fourth-order valence-corrected chi connectivity index (χ4v) is 3.29. The number of halogens is 2. The van der Waals surface area contributed by atoms with Gasteiger partial charge in [-0.05, 0) is 36.8 Å². The Hall–Kier alpha value is -3.39. The molecule has 4 aromatic rings. The Balaban J connectivity index is 1.40. The summed E-state index contributed by atoms with van der Waals surface area (Å²) in [5.74, 6) is -1.52. The zero-order valence-electron chi connectivity index (χ0n) is 15.5. The molecule has 2 aromatic carbocycles. The van der Waals surface area contributed by atoms with Crippen molar-refractivity contribution < 1.29 is 18.0 Å². The second-order valence-electron chi connectivity index (χ2n) is 6.97. The topological polar surface area (TPSA) is 66.0 Å². The average Bonchev–Trinajstić information content (AvgIpc) is 3.37. The van der Waals surface area contributed by atoms with Crippen LogP contribution in [0.15, 0.2) is 53.1 Å². The monoisotopic (exact) mass is 394 g/mol. The summed E-state index contributed by atoms with van der Waals surface area (Å²) in [6.45, 7) is 3.03. The van der Waals surface area contributed by atoms with Crippen LogP contribution >= 0.6 is 0 Å². The van der Waals surface area contributed by atoms with Crippen LogP contribution in [0.1, 0.15) is 22.9 Å². The summed E-state index contributed by atoms with van der Waals surface area (Å²) in [5.41, 5.74) is 4.02. The van der Waals surface area contributed by atoms with Gasteiger partial charge < -0.3 is 9.26 Å². The van der Waals surface area contributed by atoms with Crippen molar-refractivity contribution in [3.63, 3.8) is 0 Å². The van der Waals surface area contributed by atoms with Crippen molar-refractivity contribution in [3.05, 3.63) is 77.0 Å². The minimum Gasteiger partial charge on any atom is -0.365 e. The van der Waals surface area contributed by atoms with E-state index in [9.17, 15) is 8.78 Å². The summed E-state index contributed by atoms with van der Waals surface area (Å²) in [4.78, 5) is 4.27. The van der Waals surface area contributed by atoms with Gasteiger partial charge in [0.05, 0.1) is 18.8 Å². The predicted octanol–water partition coefficient (Wildman–Crippen LogP) is 4.46. The predicted molar refractivity (Wildman–Crippen MR) is 99.6 cm³/mol. The van der Waals surface area contributed by atoms with E-state index in [4.69, 9.17) is 9.26 Å². The second-order valence-corrected chi connectivity index (χ2v) is 6.97. The van der Waals surface area contributed by atoms with Crippen molar-refractivity contribution in [2.24, 2.45) is 0 Å². The fraction of sp³-hybridized carbons (Fsp3) is 0.190. The molecule has 0 N–H and O–H groups in total. The minimum atomic E-state index is -0.967. The largest absolute Gasteiger partial charge is 0.365 e. The van der Waals surface area contributed by atoms with Crippen molar-refractivity contribution in [2.45, 2.75) is 26.2 Å². The van der Waals surface area contributed by atoms with Gasteiger partial charge in [0, 0.05) is 5.56 Å². The van der Waals surface area contributed by atoms with E-state index in [2.05, 4.69) is 39.5 Å². The van der Waals surface area contributed by atoms with E-state index in [1.165, 1.54) is 11.6 Å². The van der Waals surface area contributed by atoms with Crippen LogP contribution in [0, 0.1) is 18.6 Å². The van der Waals surface area contributed by atoms with Gasteiger partial charge in [-0.25, -0.2) is 8.78 Å². The first-order valence-corrected chi connectivity index (χ1v) is 9.11. The SMILES string of the molecule is Cc1ccc([C@H]2Cn3nc(-c4nc(-c5ccc(F)c(F)c5)no4)cc3CO2)cc1. The van der Waals surface area contributed by atoms with Gasteiger partial charge in [0.2, 0.25) is 5.82 Å². The molecule has 0 radical (unpaired) electrons. The van der Waals surface area contributed by atoms with Gasteiger partial charge in [-0.2, -0.15) is 10.1 Å². The molecule has 1 aliphatic rings. The number of aromatic nitrogens is 4. The molecule has 0 unspecified atom stereocenters. The Labute approximate surface area is 164 Å². The van der Waals surface area contributed by atoms with Gasteiger partial charge in [-0.3, -0.25) is 4.68 Å². The molecule has 0 amide bonds. The highest BCUT2D eigenvalue weighted by Gasteiger charge is 2.24. The molecule has 0 saturated heterocycles. The van der Waals surface area contributed by atoms with Crippen LogP contribution in [0.3, 0.4) is 0 Å². The van der Waals surface area contributed by atoms with Crippen LogP contribution in [-0.4, -0.2) is 19.9 Å². The molecule has 0 aliphatic carbocycles. The lowest BCUT2D eigenvalue weighted by molar-refractivity contribution is -0.00113. The lowest BCUT2D eigenvalue weighted by Gasteiger charge is -2.24. The molecule has 0 spiro atoms. The summed E-state index contributed by atoms with van der Waals surface area (Å²) in [7, 11) is 0.